The van der Waals surface area contributed by atoms with Crippen LogP contribution in [0.4, 0.5) is 24.7 Å². The molecule has 0 unspecified atom stereocenters. The number of pyridine rings is 2. The fraction of sp³-hybridized carbons (Fsp3) is 0.158. The summed E-state index contributed by atoms with van der Waals surface area (Å²) in [6.45, 7) is 1.26. The van der Waals surface area contributed by atoms with Crippen LogP contribution in [0, 0.1) is 17.5 Å². The van der Waals surface area contributed by atoms with Crippen LogP contribution >= 0.6 is 0 Å². The molecule has 0 N–H and O–H groups in total. The van der Waals surface area contributed by atoms with Crippen LogP contribution in [0.1, 0.15) is 5.56 Å². The van der Waals surface area contributed by atoms with Gasteiger partial charge in [0.25, 0.3) is 0 Å². The second-order valence-electron chi connectivity index (χ2n) is 6.22. The van der Waals surface area contributed by atoms with E-state index in [-0.39, 0.29) is 5.56 Å². The molecule has 0 atom stereocenters. The van der Waals surface area contributed by atoms with Crippen molar-refractivity contribution in [1.29, 1.82) is 0 Å². The van der Waals surface area contributed by atoms with Crippen LogP contribution in [0.2, 0.25) is 0 Å². The Kier molecular flexibility index (Phi) is 3.99. The molecule has 0 saturated heterocycles. The summed E-state index contributed by atoms with van der Waals surface area (Å²) in [4.78, 5) is 12.6. The lowest BCUT2D eigenvalue weighted by Crippen LogP contribution is -2.27. The Morgan fingerprint density at radius 1 is 1.04 bits per heavy atom. The highest BCUT2D eigenvalue weighted by atomic mass is 19.2. The number of nitrogens with zero attached hydrogens (tertiary/aromatic N) is 4. The van der Waals surface area contributed by atoms with Crippen LogP contribution in [0.5, 0.6) is 0 Å². The number of aromatic nitrogens is 2. The van der Waals surface area contributed by atoms with E-state index in [0.29, 0.717) is 18.8 Å². The normalized spacial score (nSPS) is 13.2. The molecule has 0 spiro atoms. The summed E-state index contributed by atoms with van der Waals surface area (Å²) in [7, 11) is 1.92. The van der Waals surface area contributed by atoms with Gasteiger partial charge in [-0.3, -0.25) is 4.98 Å². The summed E-state index contributed by atoms with van der Waals surface area (Å²) in [6.07, 6.45) is 5.04. The average Bonchev–Trinajstić information content (AvgIpc) is 2.95. The van der Waals surface area contributed by atoms with Crippen molar-refractivity contribution in [3.8, 4) is 11.1 Å². The average molecular weight is 356 g/mol. The summed E-state index contributed by atoms with van der Waals surface area (Å²) in [5.74, 6) is -3.13. The second-order valence-corrected chi connectivity index (χ2v) is 6.22. The van der Waals surface area contributed by atoms with E-state index >= 15 is 0 Å². The SMILES string of the molecule is CN1CN(Cc2cccnc2)c2cc(-c3cc(F)c(F)c(F)c3)cnc21. The van der Waals surface area contributed by atoms with E-state index in [4.69, 9.17) is 0 Å². The van der Waals surface area contributed by atoms with Gasteiger partial charge in [-0.15, -0.1) is 0 Å². The third-order valence-electron chi connectivity index (χ3n) is 4.35. The highest BCUT2D eigenvalue weighted by Gasteiger charge is 2.25. The maximum Gasteiger partial charge on any atom is 0.194 e. The minimum Gasteiger partial charge on any atom is -0.346 e. The zero-order chi connectivity index (χ0) is 18.3. The summed E-state index contributed by atoms with van der Waals surface area (Å²) in [5.41, 5.74) is 2.65. The Morgan fingerprint density at radius 3 is 2.50 bits per heavy atom. The van der Waals surface area contributed by atoms with Gasteiger partial charge in [0.1, 0.15) is 0 Å². The van der Waals surface area contributed by atoms with Gasteiger partial charge in [-0.1, -0.05) is 6.07 Å². The molecule has 0 bridgehead atoms. The minimum atomic E-state index is -1.47. The molecule has 2 aromatic heterocycles. The fourth-order valence-corrected chi connectivity index (χ4v) is 3.10. The fourth-order valence-electron chi connectivity index (χ4n) is 3.10. The van der Waals surface area contributed by atoms with Crippen LogP contribution in [-0.2, 0) is 6.54 Å². The van der Waals surface area contributed by atoms with Crippen molar-refractivity contribution < 1.29 is 13.2 Å². The molecule has 0 fully saturated rings. The van der Waals surface area contributed by atoms with E-state index < -0.39 is 17.5 Å². The number of hydrogen-bond donors (Lipinski definition) is 0. The van der Waals surface area contributed by atoms with Crippen molar-refractivity contribution in [2.45, 2.75) is 6.54 Å². The molecule has 4 nitrogen and oxygen atoms in total. The summed E-state index contributed by atoms with van der Waals surface area (Å²) in [6, 6.07) is 7.62. The minimum absolute atomic E-state index is 0.243. The first-order valence-electron chi connectivity index (χ1n) is 8.03. The quantitative estimate of drug-likeness (QED) is 0.665. The van der Waals surface area contributed by atoms with E-state index in [1.165, 1.54) is 6.20 Å². The smallest absolute Gasteiger partial charge is 0.194 e. The molecule has 1 aliphatic rings. The first kappa shape index (κ1) is 16.4. The second kappa shape index (κ2) is 6.33. The number of rotatable bonds is 3. The maximum atomic E-state index is 13.6. The Hall–Kier alpha value is -3.09. The zero-order valence-electron chi connectivity index (χ0n) is 14.0. The number of benzene rings is 1. The maximum absolute atomic E-state index is 13.6. The third-order valence-corrected chi connectivity index (χ3v) is 4.35. The summed E-state index contributed by atoms with van der Waals surface area (Å²) < 4.78 is 40.3. The third kappa shape index (κ3) is 2.85. The molecule has 0 saturated carbocycles. The Morgan fingerprint density at radius 2 is 1.81 bits per heavy atom. The lowest BCUT2D eigenvalue weighted by molar-refractivity contribution is 0.447. The number of hydrogen-bond acceptors (Lipinski definition) is 4. The van der Waals surface area contributed by atoms with Crippen LogP contribution < -0.4 is 9.80 Å². The van der Waals surface area contributed by atoms with Crippen molar-refractivity contribution >= 4 is 11.5 Å². The van der Waals surface area contributed by atoms with Crippen molar-refractivity contribution in [3.05, 3.63) is 71.9 Å². The molecule has 132 valence electrons. The van der Waals surface area contributed by atoms with Crippen LogP contribution in [0.15, 0.2) is 48.9 Å². The molecule has 1 aromatic carbocycles. The van der Waals surface area contributed by atoms with Gasteiger partial charge in [0.15, 0.2) is 23.3 Å². The molecule has 0 radical (unpaired) electrons. The number of fused-ring (bicyclic) bond motifs is 1. The van der Waals surface area contributed by atoms with Gasteiger partial charge in [-0.25, -0.2) is 18.2 Å². The van der Waals surface area contributed by atoms with Crippen LogP contribution in [-0.4, -0.2) is 23.7 Å². The van der Waals surface area contributed by atoms with Crippen LogP contribution in [0.25, 0.3) is 11.1 Å². The Bertz CT molecular complexity index is 939. The standard InChI is InChI=1S/C19H15F3N4/c1-25-11-26(10-12-3-2-4-23-8-12)17-7-14(9-24-19(17)25)13-5-15(20)18(22)16(21)6-13/h2-9H,10-11H2,1H3. The van der Waals surface area contributed by atoms with Gasteiger partial charge in [0.2, 0.25) is 0 Å². The number of anilines is 2. The van der Waals surface area contributed by atoms with Crippen molar-refractivity contribution in [1.82, 2.24) is 9.97 Å². The number of halogens is 3. The monoisotopic (exact) mass is 356 g/mol. The van der Waals surface area contributed by atoms with E-state index in [9.17, 15) is 13.2 Å². The van der Waals surface area contributed by atoms with Crippen molar-refractivity contribution in [2.75, 3.05) is 23.5 Å². The van der Waals surface area contributed by atoms with Gasteiger partial charge in [-0.2, -0.15) is 0 Å². The molecule has 7 heteroatoms. The van der Waals surface area contributed by atoms with Gasteiger partial charge in [-0.05, 0) is 35.4 Å². The molecular weight excluding hydrogens is 341 g/mol. The molecular formula is C19H15F3N4. The van der Waals surface area contributed by atoms with Gasteiger partial charge >= 0.3 is 0 Å². The van der Waals surface area contributed by atoms with Gasteiger partial charge < -0.3 is 9.80 Å². The molecule has 26 heavy (non-hydrogen) atoms. The highest BCUT2D eigenvalue weighted by Crippen LogP contribution is 2.37. The first-order valence-corrected chi connectivity index (χ1v) is 8.03. The zero-order valence-corrected chi connectivity index (χ0v) is 14.0. The highest BCUT2D eigenvalue weighted by molar-refractivity contribution is 5.78. The van der Waals surface area contributed by atoms with Gasteiger partial charge in [0, 0.05) is 37.7 Å². The lowest BCUT2D eigenvalue weighted by atomic mass is 10.1. The van der Waals surface area contributed by atoms with E-state index in [2.05, 4.69) is 14.9 Å². The lowest BCUT2D eigenvalue weighted by Gasteiger charge is -2.19. The Balaban J connectivity index is 1.72. The van der Waals surface area contributed by atoms with E-state index in [0.717, 1.165) is 29.2 Å². The molecule has 0 aliphatic carbocycles. The van der Waals surface area contributed by atoms with E-state index in [1.54, 1.807) is 12.4 Å². The summed E-state index contributed by atoms with van der Waals surface area (Å²) >= 11 is 0. The van der Waals surface area contributed by atoms with Gasteiger partial charge in [0.05, 0.1) is 12.4 Å². The molecule has 3 aromatic rings. The molecule has 3 heterocycles. The first-order chi connectivity index (χ1) is 12.5. The van der Waals surface area contributed by atoms with Crippen molar-refractivity contribution in [3.63, 3.8) is 0 Å². The van der Waals surface area contributed by atoms with Crippen molar-refractivity contribution in [2.24, 2.45) is 0 Å². The molecule has 1 aliphatic heterocycles. The topological polar surface area (TPSA) is 32.3 Å². The van der Waals surface area contributed by atoms with Crippen LogP contribution in [0.3, 0.4) is 0 Å². The Labute approximate surface area is 148 Å². The summed E-state index contributed by atoms with van der Waals surface area (Å²) in [5, 5.41) is 0. The largest absolute Gasteiger partial charge is 0.346 e. The molecule has 0 amide bonds. The molecule has 4 rings (SSSR count). The predicted molar refractivity (Wildman–Crippen MR) is 93.2 cm³/mol. The predicted octanol–water partition coefficient (Wildman–Crippen LogP) is 3.97. The van der Waals surface area contributed by atoms with E-state index in [1.807, 2.05) is 30.1 Å².